The Hall–Kier alpha value is -2.76. The number of para-hydroxylation sites is 1. The average molecular weight is 332 g/mol. The van der Waals surface area contributed by atoms with E-state index in [4.69, 9.17) is 4.74 Å². The van der Waals surface area contributed by atoms with Gasteiger partial charge in [-0.25, -0.2) is 0 Å². The van der Waals surface area contributed by atoms with Gasteiger partial charge in [0.2, 0.25) is 0 Å². The van der Waals surface area contributed by atoms with Gasteiger partial charge in [0, 0.05) is 10.9 Å². The van der Waals surface area contributed by atoms with Crippen molar-refractivity contribution in [2.45, 2.75) is 12.7 Å². The molecule has 0 saturated heterocycles. The van der Waals surface area contributed by atoms with Crippen LogP contribution in [-0.2, 0) is 12.7 Å². The minimum Gasteiger partial charge on any atom is -0.497 e. The highest BCUT2D eigenvalue weighted by Gasteiger charge is 2.34. The van der Waals surface area contributed by atoms with Crippen molar-refractivity contribution in [3.8, 4) is 17.0 Å². The van der Waals surface area contributed by atoms with E-state index in [2.05, 4.69) is 11.7 Å². The third-order valence-electron chi connectivity index (χ3n) is 3.74. The molecule has 0 saturated carbocycles. The zero-order chi connectivity index (χ0) is 17.3. The van der Waals surface area contributed by atoms with E-state index in [9.17, 15) is 13.2 Å². The lowest BCUT2D eigenvalue weighted by Gasteiger charge is -2.09. The number of hydrogen-bond acceptors (Lipinski definition) is 2. The summed E-state index contributed by atoms with van der Waals surface area (Å²) in [5.74, 6) is 0.671. The van der Waals surface area contributed by atoms with E-state index in [0.717, 1.165) is 11.6 Å². The molecule has 6 heteroatoms. The van der Waals surface area contributed by atoms with Crippen molar-refractivity contribution < 1.29 is 17.9 Å². The van der Waals surface area contributed by atoms with Crippen molar-refractivity contribution in [1.29, 1.82) is 0 Å². The molecule has 1 aromatic heterocycles. The lowest BCUT2D eigenvalue weighted by Crippen LogP contribution is -2.09. The van der Waals surface area contributed by atoms with Crippen LogP contribution in [0.5, 0.6) is 5.75 Å². The summed E-state index contributed by atoms with van der Waals surface area (Å²) < 4.78 is 46.5. The molecule has 3 rings (SSSR count). The molecule has 3 aromatic rings. The molecule has 0 atom stereocenters. The molecule has 1 heterocycles. The molecular formula is C18H15F3N2O. The van der Waals surface area contributed by atoms with Crippen LogP contribution in [-0.4, -0.2) is 16.9 Å². The highest BCUT2D eigenvalue weighted by atomic mass is 19.4. The first kappa shape index (κ1) is 16.1. The van der Waals surface area contributed by atoms with Gasteiger partial charge in [-0.2, -0.15) is 18.3 Å². The highest BCUT2D eigenvalue weighted by Crippen LogP contribution is 2.38. The predicted molar refractivity (Wildman–Crippen MR) is 86.9 cm³/mol. The zero-order valence-electron chi connectivity index (χ0n) is 13.0. The van der Waals surface area contributed by atoms with E-state index in [1.807, 2.05) is 0 Å². The van der Waals surface area contributed by atoms with Gasteiger partial charge < -0.3 is 4.74 Å². The number of rotatable bonds is 4. The van der Waals surface area contributed by atoms with E-state index in [-0.39, 0.29) is 12.1 Å². The molecule has 0 aliphatic rings. The molecular weight excluding hydrogens is 317 g/mol. The maximum Gasteiger partial charge on any atom is 0.418 e. The molecule has 0 unspecified atom stereocenters. The zero-order valence-corrected chi connectivity index (χ0v) is 13.0. The van der Waals surface area contributed by atoms with Crippen LogP contribution in [0.2, 0.25) is 0 Å². The van der Waals surface area contributed by atoms with E-state index in [1.54, 1.807) is 37.4 Å². The molecule has 2 aromatic carbocycles. The Morgan fingerprint density at radius 2 is 1.88 bits per heavy atom. The van der Waals surface area contributed by atoms with Crippen LogP contribution in [0.3, 0.4) is 0 Å². The molecule has 124 valence electrons. The number of ether oxygens (including phenoxy) is 1. The van der Waals surface area contributed by atoms with Gasteiger partial charge in [0.15, 0.2) is 0 Å². The largest absolute Gasteiger partial charge is 0.497 e. The molecule has 0 amide bonds. The summed E-state index contributed by atoms with van der Waals surface area (Å²) in [6.45, 7) is 3.79. The van der Waals surface area contributed by atoms with Crippen molar-refractivity contribution in [1.82, 2.24) is 9.78 Å². The minimum atomic E-state index is -4.45. The number of aromatic nitrogens is 2. The Morgan fingerprint density at radius 3 is 2.46 bits per heavy atom. The molecule has 0 bridgehead atoms. The van der Waals surface area contributed by atoms with Gasteiger partial charge in [0.25, 0.3) is 0 Å². The third kappa shape index (κ3) is 2.75. The van der Waals surface area contributed by atoms with Gasteiger partial charge in [-0.1, -0.05) is 18.2 Å². The number of benzene rings is 2. The van der Waals surface area contributed by atoms with Crippen LogP contribution in [0.4, 0.5) is 13.2 Å². The topological polar surface area (TPSA) is 27.1 Å². The van der Waals surface area contributed by atoms with Crippen LogP contribution in [0.15, 0.2) is 55.1 Å². The number of halogens is 3. The summed E-state index contributed by atoms with van der Waals surface area (Å²) in [6, 6.07) is 11.2. The van der Waals surface area contributed by atoms with Crippen LogP contribution in [0.1, 0.15) is 5.56 Å². The second-order valence-electron chi connectivity index (χ2n) is 5.25. The monoisotopic (exact) mass is 332 g/mol. The van der Waals surface area contributed by atoms with Gasteiger partial charge in [-0.05, 0) is 30.3 Å². The first-order chi connectivity index (χ1) is 11.5. The number of alkyl halides is 3. The van der Waals surface area contributed by atoms with Gasteiger partial charge in [0.05, 0.1) is 24.7 Å². The molecule has 0 N–H and O–H groups in total. The van der Waals surface area contributed by atoms with Gasteiger partial charge >= 0.3 is 6.18 Å². The highest BCUT2D eigenvalue weighted by molar-refractivity contribution is 5.95. The van der Waals surface area contributed by atoms with E-state index in [0.29, 0.717) is 16.8 Å². The van der Waals surface area contributed by atoms with Crippen molar-refractivity contribution in [3.05, 3.63) is 60.7 Å². The molecule has 24 heavy (non-hydrogen) atoms. The molecule has 0 radical (unpaired) electrons. The quantitative estimate of drug-likeness (QED) is 0.634. The first-order valence-corrected chi connectivity index (χ1v) is 7.27. The van der Waals surface area contributed by atoms with Crippen molar-refractivity contribution >= 4 is 10.9 Å². The van der Waals surface area contributed by atoms with Crippen LogP contribution in [0.25, 0.3) is 22.2 Å². The standard InChI is InChI=1S/C18H15F3N2O/c1-3-11-23-17-14(5-4-6-15(17)18(19,20)21)16(22-23)12-7-9-13(24-2)10-8-12/h3-10H,1,11H2,2H3. The SMILES string of the molecule is C=CCn1nc(-c2ccc(OC)cc2)c2cccc(C(F)(F)F)c21. The Morgan fingerprint density at radius 1 is 1.17 bits per heavy atom. The van der Waals surface area contributed by atoms with E-state index < -0.39 is 11.7 Å². The van der Waals surface area contributed by atoms with Gasteiger partial charge in [-0.15, -0.1) is 6.58 Å². The summed E-state index contributed by atoms with van der Waals surface area (Å²) >= 11 is 0. The number of nitrogens with zero attached hydrogens (tertiary/aromatic N) is 2. The Kier molecular flexibility index (Phi) is 4.05. The second kappa shape index (κ2) is 6.03. The predicted octanol–water partition coefficient (Wildman–Crippen LogP) is 4.92. The summed E-state index contributed by atoms with van der Waals surface area (Å²) in [5.41, 5.74) is 0.591. The maximum absolute atomic E-state index is 13.4. The molecule has 0 spiro atoms. The summed E-state index contributed by atoms with van der Waals surface area (Å²) in [4.78, 5) is 0. The fourth-order valence-corrected chi connectivity index (χ4v) is 2.68. The van der Waals surface area contributed by atoms with Crippen molar-refractivity contribution in [2.75, 3.05) is 7.11 Å². The average Bonchev–Trinajstić information content (AvgIpc) is 2.93. The third-order valence-corrected chi connectivity index (χ3v) is 3.74. The van der Waals surface area contributed by atoms with Crippen LogP contribution >= 0.6 is 0 Å². The molecule has 0 aliphatic carbocycles. The summed E-state index contributed by atoms with van der Waals surface area (Å²) in [7, 11) is 1.55. The Balaban J connectivity index is 2.27. The minimum absolute atomic E-state index is 0.0655. The number of methoxy groups -OCH3 is 1. The lowest BCUT2D eigenvalue weighted by atomic mass is 10.0. The fourth-order valence-electron chi connectivity index (χ4n) is 2.68. The lowest BCUT2D eigenvalue weighted by molar-refractivity contribution is -0.136. The van der Waals surface area contributed by atoms with Gasteiger partial charge in [0.1, 0.15) is 11.4 Å². The Bertz CT molecular complexity index is 880. The molecule has 3 nitrogen and oxygen atoms in total. The van der Waals surface area contributed by atoms with E-state index >= 15 is 0 Å². The Labute approximate surface area is 137 Å². The van der Waals surface area contributed by atoms with E-state index in [1.165, 1.54) is 16.8 Å². The van der Waals surface area contributed by atoms with Crippen molar-refractivity contribution in [2.24, 2.45) is 0 Å². The summed E-state index contributed by atoms with van der Waals surface area (Å²) in [6.07, 6.45) is -2.92. The summed E-state index contributed by atoms with van der Waals surface area (Å²) in [5, 5.41) is 4.84. The fraction of sp³-hybridized carbons (Fsp3) is 0.167. The smallest absolute Gasteiger partial charge is 0.418 e. The second-order valence-corrected chi connectivity index (χ2v) is 5.25. The molecule has 0 aliphatic heterocycles. The van der Waals surface area contributed by atoms with Gasteiger partial charge in [-0.3, -0.25) is 4.68 Å². The van der Waals surface area contributed by atoms with Crippen molar-refractivity contribution in [3.63, 3.8) is 0 Å². The number of hydrogen-bond donors (Lipinski definition) is 0. The molecule has 0 fully saturated rings. The number of fused-ring (bicyclic) bond motifs is 1. The van der Waals surface area contributed by atoms with Crippen LogP contribution < -0.4 is 4.74 Å². The number of allylic oxidation sites excluding steroid dienone is 1. The maximum atomic E-state index is 13.4. The normalized spacial score (nSPS) is 11.7. The first-order valence-electron chi connectivity index (χ1n) is 7.27. The van der Waals surface area contributed by atoms with Crippen LogP contribution in [0, 0.1) is 0 Å².